The summed E-state index contributed by atoms with van der Waals surface area (Å²) in [6, 6.07) is 9.03. The second-order valence-electron chi connectivity index (χ2n) is 7.99. The molecule has 0 saturated carbocycles. The average Bonchev–Trinajstić information content (AvgIpc) is 3.15. The molecular formula is C21H20F3N5O2. The molecule has 4 rings (SSSR count). The van der Waals surface area contributed by atoms with E-state index in [0.29, 0.717) is 22.2 Å². The monoisotopic (exact) mass is 431 g/mol. The van der Waals surface area contributed by atoms with Crippen LogP contribution in [0.3, 0.4) is 0 Å². The summed E-state index contributed by atoms with van der Waals surface area (Å²) >= 11 is 0. The van der Waals surface area contributed by atoms with Crippen LogP contribution in [0.4, 0.5) is 18.9 Å². The van der Waals surface area contributed by atoms with Gasteiger partial charge in [0.1, 0.15) is 11.3 Å². The van der Waals surface area contributed by atoms with Gasteiger partial charge in [-0.05, 0) is 44.2 Å². The van der Waals surface area contributed by atoms with Crippen LogP contribution in [0.15, 0.2) is 47.4 Å². The van der Waals surface area contributed by atoms with E-state index in [4.69, 9.17) is 0 Å². The molecule has 4 aromatic rings. The highest BCUT2D eigenvalue weighted by Crippen LogP contribution is 2.30. The van der Waals surface area contributed by atoms with Crippen molar-refractivity contribution in [2.24, 2.45) is 7.05 Å². The van der Waals surface area contributed by atoms with E-state index in [1.165, 1.54) is 15.1 Å². The Hall–Kier alpha value is -3.40. The Morgan fingerprint density at radius 3 is 2.55 bits per heavy atom. The lowest BCUT2D eigenvalue weighted by molar-refractivity contribution is -0.141. The number of nitrogens with one attached hydrogen (secondary N) is 1. The zero-order valence-electron chi connectivity index (χ0n) is 17.0. The van der Waals surface area contributed by atoms with E-state index in [1.54, 1.807) is 45.2 Å². The Balaban J connectivity index is 1.89. The Bertz CT molecular complexity index is 1350. The SMILES string of the molecule is Cn1c(=O)c2ccc(NCC(C)(C)O)cc2n2nc(-c3ccnc(C(F)(F)F)c3)cc12. The third-order valence-corrected chi connectivity index (χ3v) is 4.87. The van der Waals surface area contributed by atoms with E-state index in [9.17, 15) is 23.1 Å². The van der Waals surface area contributed by atoms with E-state index in [0.717, 1.165) is 12.3 Å². The highest BCUT2D eigenvalue weighted by Gasteiger charge is 2.32. The maximum atomic E-state index is 13.1. The lowest BCUT2D eigenvalue weighted by Gasteiger charge is -2.18. The molecule has 0 spiro atoms. The van der Waals surface area contributed by atoms with Crippen LogP contribution in [0.1, 0.15) is 19.5 Å². The minimum absolute atomic E-state index is 0.239. The predicted molar refractivity (Wildman–Crippen MR) is 111 cm³/mol. The summed E-state index contributed by atoms with van der Waals surface area (Å²) in [6.45, 7) is 3.62. The highest BCUT2D eigenvalue weighted by molar-refractivity contribution is 5.84. The molecule has 162 valence electrons. The number of aromatic nitrogens is 4. The number of pyridine rings is 1. The molecule has 0 saturated heterocycles. The standard InChI is InChI=1S/C21H20F3N5O2/c1-20(2,31)11-26-13-4-5-14-16(9-13)29-18(28(3)19(14)30)10-15(27-29)12-6-7-25-17(8-12)21(22,23)24/h4-10,26,31H,11H2,1-3H3. The summed E-state index contributed by atoms with van der Waals surface area (Å²) in [4.78, 5) is 16.2. The van der Waals surface area contributed by atoms with E-state index >= 15 is 0 Å². The fraction of sp³-hybridized carbons (Fsp3) is 0.286. The Morgan fingerprint density at radius 2 is 1.87 bits per heavy atom. The van der Waals surface area contributed by atoms with Crippen LogP contribution >= 0.6 is 0 Å². The van der Waals surface area contributed by atoms with Crippen LogP contribution < -0.4 is 10.9 Å². The molecule has 0 aliphatic heterocycles. The van der Waals surface area contributed by atoms with Crippen LogP contribution in [0.25, 0.3) is 27.8 Å². The zero-order valence-corrected chi connectivity index (χ0v) is 17.0. The zero-order chi connectivity index (χ0) is 22.6. The minimum Gasteiger partial charge on any atom is -0.389 e. The van der Waals surface area contributed by atoms with Gasteiger partial charge in [-0.15, -0.1) is 0 Å². The number of benzene rings is 1. The smallest absolute Gasteiger partial charge is 0.389 e. The topological polar surface area (TPSA) is 84.5 Å². The first-order valence-electron chi connectivity index (χ1n) is 9.46. The Morgan fingerprint density at radius 1 is 1.13 bits per heavy atom. The van der Waals surface area contributed by atoms with Gasteiger partial charge in [0.15, 0.2) is 0 Å². The minimum atomic E-state index is -4.57. The molecule has 1 aromatic carbocycles. The average molecular weight is 431 g/mol. The lowest BCUT2D eigenvalue weighted by Crippen LogP contribution is -2.29. The maximum absolute atomic E-state index is 13.1. The number of fused-ring (bicyclic) bond motifs is 3. The molecule has 3 heterocycles. The van der Waals surface area contributed by atoms with Crippen LogP contribution in [0.2, 0.25) is 0 Å². The van der Waals surface area contributed by atoms with Crippen molar-refractivity contribution in [1.82, 2.24) is 19.2 Å². The Kier molecular flexibility index (Phi) is 4.77. The van der Waals surface area contributed by atoms with Crippen LogP contribution in [0.5, 0.6) is 0 Å². The number of halogens is 3. The number of rotatable bonds is 4. The van der Waals surface area contributed by atoms with Crippen molar-refractivity contribution in [3.8, 4) is 11.3 Å². The number of hydrogen-bond acceptors (Lipinski definition) is 5. The summed E-state index contributed by atoms with van der Waals surface area (Å²) in [7, 11) is 1.58. The molecule has 0 atom stereocenters. The first-order chi connectivity index (χ1) is 14.4. The van der Waals surface area contributed by atoms with Gasteiger partial charge in [0.2, 0.25) is 0 Å². The third kappa shape index (κ3) is 3.98. The molecule has 0 amide bonds. The maximum Gasteiger partial charge on any atom is 0.433 e. The normalized spacial score (nSPS) is 12.6. The van der Waals surface area contributed by atoms with Gasteiger partial charge in [-0.2, -0.15) is 18.3 Å². The van der Waals surface area contributed by atoms with Crippen LogP contribution in [-0.4, -0.2) is 36.4 Å². The van der Waals surface area contributed by atoms with Gasteiger partial charge in [0, 0.05) is 37.1 Å². The largest absolute Gasteiger partial charge is 0.433 e. The van der Waals surface area contributed by atoms with Crippen LogP contribution in [0, 0.1) is 0 Å². The number of aliphatic hydroxyl groups is 1. The Labute approximate surface area is 174 Å². The molecule has 2 N–H and O–H groups in total. The van der Waals surface area contributed by atoms with Crippen molar-refractivity contribution in [2.45, 2.75) is 25.6 Å². The molecule has 0 radical (unpaired) electrons. The van der Waals surface area contributed by atoms with Crippen molar-refractivity contribution in [1.29, 1.82) is 0 Å². The summed E-state index contributed by atoms with van der Waals surface area (Å²) < 4.78 is 42.1. The summed E-state index contributed by atoms with van der Waals surface area (Å²) in [5.74, 6) is 0. The van der Waals surface area contributed by atoms with E-state index in [1.807, 2.05) is 0 Å². The quantitative estimate of drug-likeness (QED) is 0.517. The van der Waals surface area contributed by atoms with Crippen molar-refractivity contribution in [3.63, 3.8) is 0 Å². The first kappa shape index (κ1) is 20.9. The van der Waals surface area contributed by atoms with Crippen molar-refractivity contribution in [3.05, 3.63) is 58.6 Å². The molecule has 3 aromatic heterocycles. The first-order valence-corrected chi connectivity index (χ1v) is 9.46. The third-order valence-electron chi connectivity index (χ3n) is 4.87. The molecule has 31 heavy (non-hydrogen) atoms. The highest BCUT2D eigenvalue weighted by atomic mass is 19.4. The lowest BCUT2D eigenvalue weighted by atomic mass is 10.1. The van der Waals surface area contributed by atoms with Gasteiger partial charge in [0.25, 0.3) is 5.56 Å². The summed E-state index contributed by atoms with van der Waals surface area (Å²) in [5.41, 5.74) is -0.0916. The molecule has 0 aliphatic carbocycles. The van der Waals surface area contributed by atoms with Crippen LogP contribution in [-0.2, 0) is 13.2 Å². The fourth-order valence-electron chi connectivity index (χ4n) is 3.27. The van der Waals surface area contributed by atoms with E-state index in [2.05, 4.69) is 15.4 Å². The molecular weight excluding hydrogens is 411 g/mol. The second-order valence-corrected chi connectivity index (χ2v) is 7.99. The van der Waals surface area contributed by atoms with Gasteiger partial charge in [-0.1, -0.05) is 0 Å². The van der Waals surface area contributed by atoms with Crippen molar-refractivity contribution >= 4 is 22.2 Å². The molecule has 0 bridgehead atoms. The van der Waals surface area contributed by atoms with Gasteiger partial charge in [-0.3, -0.25) is 14.3 Å². The predicted octanol–water partition coefficient (Wildman–Crippen LogP) is 3.45. The number of alkyl halides is 3. The van der Waals surface area contributed by atoms with Gasteiger partial charge in [0.05, 0.1) is 22.2 Å². The van der Waals surface area contributed by atoms with E-state index in [-0.39, 0.29) is 23.4 Å². The summed E-state index contributed by atoms with van der Waals surface area (Å²) in [6.07, 6.45) is -3.49. The summed E-state index contributed by atoms with van der Waals surface area (Å²) in [5, 5.41) is 17.9. The molecule has 0 fully saturated rings. The molecule has 0 aliphatic rings. The molecule has 0 unspecified atom stereocenters. The number of hydrogen-bond donors (Lipinski definition) is 2. The van der Waals surface area contributed by atoms with Gasteiger partial charge < -0.3 is 10.4 Å². The van der Waals surface area contributed by atoms with E-state index < -0.39 is 17.5 Å². The van der Waals surface area contributed by atoms with Gasteiger partial charge in [-0.25, -0.2) is 4.52 Å². The number of aryl methyl sites for hydroxylation is 1. The molecule has 10 heteroatoms. The van der Waals surface area contributed by atoms with Crippen molar-refractivity contribution < 1.29 is 18.3 Å². The number of anilines is 1. The number of nitrogens with zero attached hydrogens (tertiary/aromatic N) is 4. The fourth-order valence-corrected chi connectivity index (χ4v) is 3.27. The van der Waals surface area contributed by atoms with Gasteiger partial charge >= 0.3 is 6.18 Å². The molecule has 7 nitrogen and oxygen atoms in total. The second kappa shape index (κ2) is 7.09. The van der Waals surface area contributed by atoms with Crippen molar-refractivity contribution in [2.75, 3.05) is 11.9 Å².